The van der Waals surface area contributed by atoms with Crippen LogP contribution in [0.25, 0.3) is 0 Å². The summed E-state index contributed by atoms with van der Waals surface area (Å²) >= 11 is 0. The van der Waals surface area contributed by atoms with Gasteiger partial charge in [0.2, 0.25) is 0 Å². The molecule has 2 fully saturated rings. The van der Waals surface area contributed by atoms with Crippen molar-refractivity contribution in [2.45, 2.75) is 57.2 Å². The van der Waals surface area contributed by atoms with E-state index in [1.54, 1.807) is 0 Å². The van der Waals surface area contributed by atoms with E-state index in [1.165, 1.54) is 6.08 Å². The van der Waals surface area contributed by atoms with Gasteiger partial charge in [-0.1, -0.05) is 6.08 Å². The Labute approximate surface area is 199 Å². The lowest BCUT2D eigenvalue weighted by Gasteiger charge is -2.50. The van der Waals surface area contributed by atoms with Gasteiger partial charge in [-0.2, -0.15) is 18.3 Å². The molecule has 0 radical (unpaired) electrons. The molecule has 190 valence electrons. The third kappa shape index (κ3) is 5.67. The second kappa shape index (κ2) is 10.0. The van der Waals surface area contributed by atoms with Crippen molar-refractivity contribution < 1.29 is 23.0 Å². The molecule has 0 amide bonds. The Kier molecular flexibility index (Phi) is 7.42. The van der Waals surface area contributed by atoms with Crippen LogP contribution in [-0.4, -0.2) is 93.9 Å². The molecule has 2 unspecified atom stereocenters. The number of rotatable bonds is 6. The van der Waals surface area contributed by atoms with Gasteiger partial charge >= 0.3 is 6.18 Å². The van der Waals surface area contributed by atoms with Gasteiger partial charge in [0.15, 0.2) is 5.60 Å². The quantitative estimate of drug-likeness (QED) is 0.672. The molecule has 1 aromatic rings. The second-order valence-electron chi connectivity index (χ2n) is 9.92. The summed E-state index contributed by atoms with van der Waals surface area (Å²) in [5.74, 6) is 0.513. The molecule has 1 aromatic heterocycles. The fourth-order valence-electron chi connectivity index (χ4n) is 5.26. The van der Waals surface area contributed by atoms with Gasteiger partial charge < -0.3 is 14.7 Å². The molecule has 3 aliphatic rings. The number of piperidine rings is 1. The number of halogens is 3. The van der Waals surface area contributed by atoms with Crippen molar-refractivity contribution in [1.82, 2.24) is 24.5 Å². The van der Waals surface area contributed by atoms with Crippen LogP contribution in [0.5, 0.6) is 0 Å². The van der Waals surface area contributed by atoms with E-state index in [1.807, 2.05) is 18.7 Å². The third-order valence-electron chi connectivity index (χ3n) is 7.21. The highest BCUT2D eigenvalue weighted by atomic mass is 19.4. The summed E-state index contributed by atoms with van der Waals surface area (Å²) in [5.41, 5.74) is 0.591. The Hall–Kier alpha value is -1.88. The molecule has 2 aliphatic heterocycles. The number of aryl methyl sites for hydroxylation is 2. The number of ether oxygens (including phenoxy) is 1. The van der Waals surface area contributed by atoms with Gasteiger partial charge in [-0.15, -0.1) is 0 Å². The summed E-state index contributed by atoms with van der Waals surface area (Å²) in [5, 5.41) is 16.0. The van der Waals surface area contributed by atoms with E-state index < -0.39 is 23.6 Å². The molecule has 0 spiro atoms. The van der Waals surface area contributed by atoms with E-state index in [0.717, 1.165) is 56.6 Å². The molecule has 1 N–H and O–H groups in total. The Bertz CT molecular complexity index is 920. The Morgan fingerprint density at radius 3 is 2.44 bits per heavy atom. The van der Waals surface area contributed by atoms with Crippen molar-refractivity contribution in [2.24, 2.45) is 7.05 Å². The van der Waals surface area contributed by atoms with Crippen molar-refractivity contribution >= 4 is 0 Å². The molecule has 1 aliphatic carbocycles. The highest BCUT2D eigenvalue weighted by molar-refractivity contribution is 5.25. The van der Waals surface area contributed by atoms with Crippen LogP contribution in [-0.2, 0) is 18.3 Å². The molecular weight excluding hydrogens is 447 g/mol. The van der Waals surface area contributed by atoms with Gasteiger partial charge in [-0.3, -0.25) is 14.5 Å². The number of alkyl halides is 3. The van der Waals surface area contributed by atoms with Crippen LogP contribution >= 0.6 is 0 Å². The fraction of sp³-hybridized carbons (Fsp3) is 0.708. The van der Waals surface area contributed by atoms with E-state index in [9.17, 15) is 18.3 Å². The fourth-order valence-corrected chi connectivity index (χ4v) is 5.26. The number of likely N-dealkylation sites (N-methyl/N-ethyl adjacent to an activating group) is 1. The van der Waals surface area contributed by atoms with Gasteiger partial charge in [-0.05, 0) is 51.9 Å². The van der Waals surface area contributed by atoms with Crippen LogP contribution in [0.4, 0.5) is 13.2 Å². The normalized spacial score (nSPS) is 26.8. The first kappa shape index (κ1) is 25.2. The maximum absolute atomic E-state index is 13.1. The first-order chi connectivity index (χ1) is 16.1. The number of allylic oxidation sites excluding steroid dienone is 4. The van der Waals surface area contributed by atoms with Crippen LogP contribution < -0.4 is 0 Å². The number of likely N-dealkylation sites (tertiary alicyclic amines) is 1. The molecule has 34 heavy (non-hydrogen) atoms. The van der Waals surface area contributed by atoms with Crippen LogP contribution in [0, 0.1) is 6.92 Å². The Balaban J connectivity index is 1.57. The molecular formula is C24H36F3N5O2. The molecule has 0 aromatic carbocycles. The smallest absolute Gasteiger partial charge is 0.412 e. The lowest BCUT2D eigenvalue weighted by molar-refractivity contribution is -0.191. The number of hydrogen-bond donors (Lipinski definition) is 1. The first-order valence-electron chi connectivity index (χ1n) is 12.0. The zero-order valence-corrected chi connectivity index (χ0v) is 20.3. The standard InChI is InChI=1S/C24H36F3N5O2/c1-18-15-20(30(3)28-18)16-31-10-4-9-23(17-31,22(33)32-13-11-29(2)12-14-32)34-21-7-5-19(6-8-21)24(25,26)27/h5,7,15,22,33H,4,6,8-14,16-17H2,1-3H3. The van der Waals surface area contributed by atoms with Crippen LogP contribution in [0.15, 0.2) is 29.6 Å². The maximum Gasteiger partial charge on any atom is 0.412 e. The summed E-state index contributed by atoms with van der Waals surface area (Å²) in [7, 11) is 3.98. The van der Waals surface area contributed by atoms with Gasteiger partial charge in [-0.25, -0.2) is 0 Å². The number of aliphatic hydroxyl groups excluding tert-OH is 1. The van der Waals surface area contributed by atoms with Crippen LogP contribution in [0.2, 0.25) is 0 Å². The Morgan fingerprint density at radius 1 is 1.12 bits per heavy atom. The average Bonchev–Trinajstić information content (AvgIpc) is 3.10. The molecule has 2 atom stereocenters. The molecule has 0 bridgehead atoms. The van der Waals surface area contributed by atoms with Gasteiger partial charge in [0.25, 0.3) is 0 Å². The molecule has 2 saturated heterocycles. The zero-order chi connectivity index (χ0) is 24.5. The van der Waals surface area contributed by atoms with Gasteiger partial charge in [0, 0.05) is 58.3 Å². The van der Waals surface area contributed by atoms with E-state index in [-0.39, 0.29) is 12.8 Å². The minimum Gasteiger partial charge on any atom is -0.486 e. The number of hydrogen-bond acceptors (Lipinski definition) is 6. The lowest BCUT2D eigenvalue weighted by Crippen LogP contribution is -2.64. The van der Waals surface area contributed by atoms with E-state index in [4.69, 9.17) is 4.74 Å². The van der Waals surface area contributed by atoms with Gasteiger partial charge in [0.1, 0.15) is 6.23 Å². The lowest BCUT2D eigenvalue weighted by atomic mass is 9.88. The number of aromatic nitrogens is 2. The van der Waals surface area contributed by atoms with Crippen LogP contribution in [0.1, 0.15) is 37.1 Å². The Morgan fingerprint density at radius 2 is 1.85 bits per heavy atom. The minimum atomic E-state index is -4.32. The average molecular weight is 484 g/mol. The molecule has 0 saturated carbocycles. The summed E-state index contributed by atoms with van der Waals surface area (Å²) in [6.45, 7) is 7.15. The predicted octanol–water partition coefficient (Wildman–Crippen LogP) is 2.81. The summed E-state index contributed by atoms with van der Waals surface area (Å²) < 4.78 is 47.7. The molecule has 4 rings (SSSR count). The first-order valence-corrected chi connectivity index (χ1v) is 12.0. The minimum absolute atomic E-state index is 0.103. The van der Waals surface area contributed by atoms with E-state index >= 15 is 0 Å². The summed E-state index contributed by atoms with van der Waals surface area (Å²) in [4.78, 5) is 6.54. The van der Waals surface area contributed by atoms with Gasteiger partial charge in [0.05, 0.1) is 17.1 Å². The highest BCUT2D eigenvalue weighted by Gasteiger charge is 2.48. The van der Waals surface area contributed by atoms with Crippen molar-refractivity contribution in [2.75, 3.05) is 46.3 Å². The topological polar surface area (TPSA) is 57.0 Å². The molecule has 7 nitrogen and oxygen atoms in total. The number of aliphatic hydroxyl groups is 1. The summed E-state index contributed by atoms with van der Waals surface area (Å²) in [6, 6.07) is 2.06. The second-order valence-corrected chi connectivity index (χ2v) is 9.92. The van der Waals surface area contributed by atoms with Crippen molar-refractivity contribution in [3.63, 3.8) is 0 Å². The third-order valence-corrected chi connectivity index (χ3v) is 7.21. The SMILES string of the molecule is Cc1cc(CN2CCCC(OC3=CC=C(C(F)(F)F)CC3)(C(O)N3CCN(C)CC3)C2)n(C)n1. The monoisotopic (exact) mass is 483 g/mol. The molecule has 3 heterocycles. The van der Waals surface area contributed by atoms with Crippen molar-refractivity contribution in [3.8, 4) is 0 Å². The summed E-state index contributed by atoms with van der Waals surface area (Å²) in [6.07, 6.45) is -1.04. The largest absolute Gasteiger partial charge is 0.486 e. The maximum atomic E-state index is 13.1. The van der Waals surface area contributed by atoms with Crippen LogP contribution in [0.3, 0.4) is 0 Å². The van der Waals surface area contributed by atoms with Crippen molar-refractivity contribution in [1.29, 1.82) is 0 Å². The van der Waals surface area contributed by atoms with E-state index in [2.05, 4.69) is 32.9 Å². The number of nitrogens with zero attached hydrogens (tertiary/aromatic N) is 5. The predicted molar refractivity (Wildman–Crippen MR) is 123 cm³/mol. The number of piperazine rings is 1. The highest BCUT2D eigenvalue weighted by Crippen LogP contribution is 2.38. The zero-order valence-electron chi connectivity index (χ0n) is 20.3. The van der Waals surface area contributed by atoms with E-state index in [0.29, 0.717) is 25.3 Å². The van der Waals surface area contributed by atoms with Crippen molar-refractivity contribution in [3.05, 3.63) is 40.9 Å². The molecule has 10 heteroatoms.